The van der Waals surface area contributed by atoms with E-state index in [-0.39, 0.29) is 5.75 Å². The lowest BCUT2D eigenvalue weighted by molar-refractivity contribution is 0.316. The molecule has 5 heteroatoms. The van der Waals surface area contributed by atoms with Gasteiger partial charge < -0.3 is 19.8 Å². The molecule has 0 spiro atoms. The number of nitrogens with zero attached hydrogens (tertiary/aromatic N) is 1. The minimum atomic E-state index is 0.0786. The van der Waals surface area contributed by atoms with Crippen molar-refractivity contribution in [1.29, 1.82) is 0 Å². The Bertz CT molecular complexity index is 482. The van der Waals surface area contributed by atoms with Gasteiger partial charge in [0.2, 0.25) is 5.75 Å². The maximum absolute atomic E-state index is 10.2. The number of methoxy groups -OCH3 is 2. The second-order valence-corrected chi connectivity index (χ2v) is 4.29. The van der Waals surface area contributed by atoms with Crippen LogP contribution in [0.4, 0.5) is 0 Å². The third kappa shape index (κ3) is 2.08. The van der Waals surface area contributed by atoms with Crippen LogP contribution in [-0.4, -0.2) is 30.2 Å². The minimum absolute atomic E-state index is 0.0786. The van der Waals surface area contributed by atoms with Crippen molar-refractivity contribution in [3.05, 3.63) is 17.2 Å². The molecule has 0 heterocycles. The first-order valence-corrected chi connectivity index (χ1v) is 5.86. The van der Waals surface area contributed by atoms with E-state index in [2.05, 4.69) is 5.16 Å². The van der Waals surface area contributed by atoms with Gasteiger partial charge >= 0.3 is 0 Å². The lowest BCUT2D eigenvalue weighted by atomic mass is 10.00. The van der Waals surface area contributed by atoms with E-state index in [1.54, 1.807) is 7.11 Å². The smallest absolute Gasteiger partial charge is 0.203 e. The molecule has 18 heavy (non-hydrogen) atoms. The van der Waals surface area contributed by atoms with Crippen LogP contribution >= 0.6 is 0 Å². The predicted octanol–water partition coefficient (Wildman–Crippen LogP) is 2.12. The molecule has 1 aromatic rings. The number of hydrogen-bond donors (Lipinski definition) is 2. The highest BCUT2D eigenvalue weighted by atomic mass is 16.5. The van der Waals surface area contributed by atoms with Gasteiger partial charge in [0.15, 0.2) is 11.5 Å². The van der Waals surface area contributed by atoms with E-state index in [0.717, 1.165) is 30.4 Å². The number of oxime groups is 1. The van der Waals surface area contributed by atoms with Crippen LogP contribution < -0.4 is 9.47 Å². The lowest BCUT2D eigenvalue weighted by Crippen LogP contribution is -2.03. The Labute approximate surface area is 106 Å². The zero-order valence-corrected chi connectivity index (χ0v) is 10.6. The third-order valence-electron chi connectivity index (χ3n) is 3.28. The summed E-state index contributed by atoms with van der Waals surface area (Å²) in [4.78, 5) is 0. The van der Waals surface area contributed by atoms with E-state index in [1.807, 2.05) is 6.07 Å². The van der Waals surface area contributed by atoms with Gasteiger partial charge in [-0.15, -0.1) is 0 Å². The molecule has 0 radical (unpaired) electrons. The summed E-state index contributed by atoms with van der Waals surface area (Å²) in [5.41, 5.74) is 2.46. The number of benzene rings is 1. The van der Waals surface area contributed by atoms with Crippen molar-refractivity contribution in [2.45, 2.75) is 25.7 Å². The number of aromatic hydroxyl groups is 1. The monoisotopic (exact) mass is 251 g/mol. The van der Waals surface area contributed by atoms with Crippen LogP contribution in [0.15, 0.2) is 11.2 Å². The summed E-state index contributed by atoms with van der Waals surface area (Å²) in [5.74, 6) is 0.934. The SMILES string of the molecule is COc1cc2c(c(O)c1OC)C/C(=N/O)CCC2. The van der Waals surface area contributed by atoms with Gasteiger partial charge in [0.25, 0.3) is 0 Å². The summed E-state index contributed by atoms with van der Waals surface area (Å²) in [6, 6.07) is 1.88. The average molecular weight is 251 g/mol. The van der Waals surface area contributed by atoms with Crippen molar-refractivity contribution < 1.29 is 19.8 Å². The van der Waals surface area contributed by atoms with E-state index in [0.29, 0.717) is 23.6 Å². The van der Waals surface area contributed by atoms with Crippen LogP contribution in [0.5, 0.6) is 17.2 Å². The van der Waals surface area contributed by atoms with Gasteiger partial charge in [-0.25, -0.2) is 0 Å². The fourth-order valence-corrected chi connectivity index (χ4v) is 2.35. The van der Waals surface area contributed by atoms with Crippen molar-refractivity contribution in [3.63, 3.8) is 0 Å². The van der Waals surface area contributed by atoms with Crippen LogP contribution in [0.1, 0.15) is 24.0 Å². The normalized spacial score (nSPS) is 17.1. The Morgan fingerprint density at radius 2 is 2.00 bits per heavy atom. The van der Waals surface area contributed by atoms with Crippen LogP contribution in [-0.2, 0) is 12.8 Å². The summed E-state index contributed by atoms with van der Waals surface area (Å²) < 4.78 is 10.4. The predicted molar refractivity (Wildman–Crippen MR) is 67.1 cm³/mol. The fraction of sp³-hybridized carbons (Fsp3) is 0.462. The maximum Gasteiger partial charge on any atom is 0.203 e. The van der Waals surface area contributed by atoms with Gasteiger partial charge in [-0.05, 0) is 30.9 Å². The second-order valence-electron chi connectivity index (χ2n) is 4.29. The summed E-state index contributed by atoms with van der Waals surface area (Å²) in [7, 11) is 3.03. The molecule has 0 bridgehead atoms. The van der Waals surface area contributed by atoms with Crippen molar-refractivity contribution in [2.75, 3.05) is 14.2 Å². The number of phenols is 1. The first-order valence-electron chi connectivity index (χ1n) is 5.86. The van der Waals surface area contributed by atoms with Gasteiger partial charge in [0.1, 0.15) is 0 Å². The van der Waals surface area contributed by atoms with Gasteiger partial charge in [-0.2, -0.15) is 0 Å². The molecule has 0 unspecified atom stereocenters. The van der Waals surface area contributed by atoms with Crippen LogP contribution in [0.25, 0.3) is 0 Å². The largest absolute Gasteiger partial charge is 0.504 e. The maximum atomic E-state index is 10.2. The van der Waals surface area contributed by atoms with Crippen LogP contribution in [0.2, 0.25) is 0 Å². The Hall–Kier alpha value is -1.91. The van der Waals surface area contributed by atoms with Crippen molar-refractivity contribution in [2.24, 2.45) is 5.16 Å². The first-order chi connectivity index (χ1) is 8.71. The number of phenolic OH excluding ortho intramolecular Hbond substituents is 1. The molecule has 2 rings (SSSR count). The molecule has 1 aliphatic rings. The highest BCUT2D eigenvalue weighted by Crippen LogP contribution is 2.42. The molecule has 0 saturated heterocycles. The standard InChI is InChI=1S/C13H17NO4/c1-17-11-6-8-4-3-5-9(14-16)7-10(8)12(15)13(11)18-2/h6,15-16H,3-5,7H2,1-2H3/b14-9+. The molecule has 0 atom stereocenters. The topological polar surface area (TPSA) is 71.3 Å². The van der Waals surface area contributed by atoms with Gasteiger partial charge in [-0.3, -0.25) is 0 Å². The van der Waals surface area contributed by atoms with Gasteiger partial charge in [0, 0.05) is 12.0 Å². The molecule has 0 amide bonds. The van der Waals surface area contributed by atoms with E-state index in [4.69, 9.17) is 14.7 Å². The highest BCUT2D eigenvalue weighted by molar-refractivity contribution is 5.88. The Morgan fingerprint density at radius 1 is 1.22 bits per heavy atom. The van der Waals surface area contributed by atoms with Crippen molar-refractivity contribution in [3.8, 4) is 17.2 Å². The summed E-state index contributed by atoms with van der Waals surface area (Å²) in [6.45, 7) is 0. The van der Waals surface area contributed by atoms with Crippen molar-refractivity contribution in [1.82, 2.24) is 0 Å². The quantitative estimate of drug-likeness (QED) is 0.480. The molecular formula is C13H17NO4. The summed E-state index contributed by atoms with van der Waals surface area (Å²) in [5, 5.41) is 22.4. The fourth-order valence-electron chi connectivity index (χ4n) is 2.35. The van der Waals surface area contributed by atoms with E-state index < -0.39 is 0 Å². The lowest BCUT2D eigenvalue weighted by Gasteiger charge is -2.15. The Balaban J connectivity index is 2.56. The van der Waals surface area contributed by atoms with Crippen LogP contribution in [0, 0.1) is 0 Å². The second kappa shape index (κ2) is 5.16. The van der Waals surface area contributed by atoms with Crippen molar-refractivity contribution >= 4 is 5.71 Å². The number of ether oxygens (including phenoxy) is 2. The van der Waals surface area contributed by atoms with E-state index in [9.17, 15) is 5.11 Å². The Morgan fingerprint density at radius 3 is 2.61 bits per heavy atom. The number of rotatable bonds is 2. The number of hydrogen-bond acceptors (Lipinski definition) is 5. The summed E-state index contributed by atoms with van der Waals surface area (Å²) in [6.07, 6.45) is 2.89. The molecule has 0 saturated carbocycles. The average Bonchev–Trinajstić information content (AvgIpc) is 2.60. The first kappa shape index (κ1) is 12.5. The number of fused-ring (bicyclic) bond motifs is 1. The molecule has 2 N–H and O–H groups in total. The van der Waals surface area contributed by atoms with E-state index in [1.165, 1.54) is 7.11 Å². The molecule has 98 valence electrons. The molecular weight excluding hydrogens is 234 g/mol. The molecule has 1 aliphatic carbocycles. The Kier molecular flexibility index (Phi) is 3.60. The van der Waals surface area contributed by atoms with E-state index >= 15 is 0 Å². The van der Waals surface area contributed by atoms with Gasteiger partial charge in [-0.1, -0.05) is 5.16 Å². The number of aryl methyl sites for hydroxylation is 1. The molecule has 1 aromatic carbocycles. The highest BCUT2D eigenvalue weighted by Gasteiger charge is 2.22. The molecule has 0 aromatic heterocycles. The molecule has 5 nitrogen and oxygen atoms in total. The zero-order chi connectivity index (χ0) is 13.1. The molecule has 0 fully saturated rings. The van der Waals surface area contributed by atoms with Crippen LogP contribution in [0.3, 0.4) is 0 Å². The summed E-state index contributed by atoms with van der Waals surface area (Å²) >= 11 is 0. The third-order valence-corrected chi connectivity index (χ3v) is 3.28. The molecule has 0 aliphatic heterocycles. The zero-order valence-electron chi connectivity index (χ0n) is 10.6. The van der Waals surface area contributed by atoms with Gasteiger partial charge in [0.05, 0.1) is 19.9 Å². The minimum Gasteiger partial charge on any atom is -0.504 e.